The monoisotopic (exact) mass is 279 g/mol. The van der Waals surface area contributed by atoms with Crippen molar-refractivity contribution < 1.29 is 9.21 Å². The van der Waals surface area contributed by atoms with Gasteiger partial charge in [0.25, 0.3) is 0 Å². The molecule has 0 unspecified atom stereocenters. The van der Waals surface area contributed by atoms with Crippen LogP contribution in [0.4, 0.5) is 0 Å². The lowest BCUT2D eigenvalue weighted by atomic mass is 9.76. The minimum atomic E-state index is -0.645. The zero-order valence-corrected chi connectivity index (χ0v) is 12.7. The third-order valence-electron chi connectivity index (χ3n) is 3.92. The van der Waals surface area contributed by atoms with Gasteiger partial charge in [-0.25, -0.2) is 0 Å². The molecule has 1 aromatic heterocycles. The molecule has 0 radical (unpaired) electrons. The van der Waals surface area contributed by atoms with Gasteiger partial charge in [0.15, 0.2) is 0 Å². The van der Waals surface area contributed by atoms with Gasteiger partial charge in [-0.2, -0.15) is 0 Å². The quantitative estimate of drug-likeness (QED) is 0.854. The van der Waals surface area contributed by atoms with E-state index in [0.29, 0.717) is 13.1 Å². The fraction of sp³-hybridized carbons (Fsp3) is 0.667. The fourth-order valence-electron chi connectivity index (χ4n) is 2.42. The van der Waals surface area contributed by atoms with Crippen molar-refractivity contribution in [2.75, 3.05) is 27.2 Å². The van der Waals surface area contributed by atoms with Crippen LogP contribution in [0, 0.1) is 6.92 Å². The van der Waals surface area contributed by atoms with Gasteiger partial charge in [-0.3, -0.25) is 4.79 Å². The predicted molar refractivity (Wildman–Crippen MR) is 78.2 cm³/mol. The van der Waals surface area contributed by atoms with Crippen LogP contribution in [0.25, 0.3) is 0 Å². The molecule has 0 saturated heterocycles. The van der Waals surface area contributed by atoms with Crippen molar-refractivity contribution in [3.05, 3.63) is 23.7 Å². The van der Waals surface area contributed by atoms with E-state index in [0.717, 1.165) is 37.3 Å². The van der Waals surface area contributed by atoms with Crippen LogP contribution in [0.15, 0.2) is 16.5 Å². The van der Waals surface area contributed by atoms with Gasteiger partial charge < -0.3 is 20.0 Å². The number of nitrogens with zero attached hydrogens (tertiary/aromatic N) is 2. The second-order valence-electron chi connectivity index (χ2n) is 6.05. The van der Waals surface area contributed by atoms with Crippen LogP contribution in [0.1, 0.15) is 30.8 Å². The molecule has 1 aromatic rings. The van der Waals surface area contributed by atoms with E-state index in [1.807, 2.05) is 38.1 Å². The Morgan fingerprint density at radius 3 is 2.50 bits per heavy atom. The molecule has 2 rings (SSSR count). The van der Waals surface area contributed by atoms with Crippen LogP contribution in [-0.2, 0) is 11.3 Å². The zero-order valence-electron chi connectivity index (χ0n) is 12.7. The number of aryl methyl sites for hydroxylation is 1. The van der Waals surface area contributed by atoms with E-state index in [-0.39, 0.29) is 5.91 Å². The standard InChI is InChI=1S/C15H25N3O2/c1-12-5-6-13(20-12)11-18(10-9-17(2)3)14(19)15(16)7-4-8-15/h5-6H,4,7-11,16H2,1-3H3. The van der Waals surface area contributed by atoms with Crippen LogP contribution in [-0.4, -0.2) is 48.4 Å². The second-order valence-corrected chi connectivity index (χ2v) is 6.05. The molecule has 1 amide bonds. The summed E-state index contributed by atoms with van der Waals surface area (Å²) < 4.78 is 5.59. The number of rotatable bonds is 6. The largest absolute Gasteiger partial charge is 0.464 e. The zero-order chi connectivity index (χ0) is 14.8. The molecule has 1 aliphatic rings. The van der Waals surface area contributed by atoms with Crippen molar-refractivity contribution in [2.24, 2.45) is 5.73 Å². The molecule has 1 aliphatic carbocycles. The van der Waals surface area contributed by atoms with Gasteiger partial charge in [0.05, 0.1) is 12.1 Å². The number of carbonyl (C=O) groups excluding carboxylic acids is 1. The average molecular weight is 279 g/mol. The highest BCUT2D eigenvalue weighted by atomic mass is 16.3. The highest BCUT2D eigenvalue weighted by Crippen LogP contribution is 2.31. The van der Waals surface area contributed by atoms with Gasteiger partial charge in [0.1, 0.15) is 11.5 Å². The Hall–Kier alpha value is -1.33. The minimum absolute atomic E-state index is 0.0552. The molecule has 5 heteroatoms. The maximum absolute atomic E-state index is 12.6. The van der Waals surface area contributed by atoms with E-state index in [9.17, 15) is 4.79 Å². The Labute approximate surface area is 120 Å². The van der Waals surface area contributed by atoms with Crippen LogP contribution in [0.2, 0.25) is 0 Å². The molecule has 2 N–H and O–H groups in total. The van der Waals surface area contributed by atoms with Crippen molar-refractivity contribution >= 4 is 5.91 Å². The summed E-state index contributed by atoms with van der Waals surface area (Å²) in [5, 5.41) is 0. The van der Waals surface area contributed by atoms with Crippen LogP contribution in [0.3, 0.4) is 0 Å². The summed E-state index contributed by atoms with van der Waals surface area (Å²) in [6, 6.07) is 3.85. The van der Waals surface area contributed by atoms with E-state index >= 15 is 0 Å². The number of furan rings is 1. The SMILES string of the molecule is Cc1ccc(CN(CCN(C)C)C(=O)C2(N)CCC2)o1. The van der Waals surface area contributed by atoms with Gasteiger partial charge in [-0.05, 0) is 52.4 Å². The Morgan fingerprint density at radius 2 is 2.05 bits per heavy atom. The fourth-order valence-corrected chi connectivity index (χ4v) is 2.42. The number of carbonyl (C=O) groups is 1. The summed E-state index contributed by atoms with van der Waals surface area (Å²) in [4.78, 5) is 16.5. The third-order valence-corrected chi connectivity index (χ3v) is 3.92. The first-order valence-electron chi connectivity index (χ1n) is 7.19. The molecule has 0 aliphatic heterocycles. The normalized spacial score (nSPS) is 17.1. The number of amides is 1. The van der Waals surface area contributed by atoms with Gasteiger partial charge in [-0.15, -0.1) is 0 Å². The van der Waals surface area contributed by atoms with E-state index in [2.05, 4.69) is 4.90 Å². The summed E-state index contributed by atoms with van der Waals surface area (Å²) in [6.07, 6.45) is 2.63. The first-order chi connectivity index (χ1) is 9.40. The van der Waals surface area contributed by atoms with Crippen molar-refractivity contribution in [3.8, 4) is 0 Å². The van der Waals surface area contributed by atoms with E-state index in [1.54, 1.807) is 0 Å². The van der Waals surface area contributed by atoms with Crippen molar-refractivity contribution in [1.29, 1.82) is 0 Å². The van der Waals surface area contributed by atoms with Crippen LogP contribution < -0.4 is 5.73 Å². The summed E-state index contributed by atoms with van der Waals surface area (Å²) in [5.41, 5.74) is 5.53. The molecule has 0 bridgehead atoms. The number of likely N-dealkylation sites (N-methyl/N-ethyl adjacent to an activating group) is 1. The Morgan fingerprint density at radius 1 is 1.35 bits per heavy atom. The van der Waals surface area contributed by atoms with Crippen molar-refractivity contribution in [2.45, 2.75) is 38.3 Å². The van der Waals surface area contributed by atoms with Gasteiger partial charge in [-0.1, -0.05) is 0 Å². The van der Waals surface area contributed by atoms with Crippen molar-refractivity contribution in [3.63, 3.8) is 0 Å². The summed E-state index contributed by atoms with van der Waals surface area (Å²) in [7, 11) is 4.00. The molecule has 0 atom stereocenters. The topological polar surface area (TPSA) is 62.7 Å². The Balaban J connectivity index is 2.05. The number of hydrogen-bond acceptors (Lipinski definition) is 4. The van der Waals surface area contributed by atoms with Gasteiger partial charge >= 0.3 is 0 Å². The predicted octanol–water partition coefficient (Wildman–Crippen LogP) is 1.36. The lowest BCUT2D eigenvalue weighted by Crippen LogP contribution is -2.60. The van der Waals surface area contributed by atoms with Gasteiger partial charge in [0, 0.05) is 13.1 Å². The Kier molecular flexibility index (Phi) is 4.50. The lowest BCUT2D eigenvalue weighted by molar-refractivity contribution is -0.141. The molecule has 20 heavy (non-hydrogen) atoms. The molecule has 1 saturated carbocycles. The number of nitrogens with two attached hydrogens (primary N) is 1. The van der Waals surface area contributed by atoms with Crippen molar-refractivity contribution in [1.82, 2.24) is 9.80 Å². The van der Waals surface area contributed by atoms with E-state index in [4.69, 9.17) is 10.2 Å². The van der Waals surface area contributed by atoms with E-state index < -0.39 is 5.54 Å². The van der Waals surface area contributed by atoms with Gasteiger partial charge in [0.2, 0.25) is 5.91 Å². The highest BCUT2D eigenvalue weighted by Gasteiger charge is 2.42. The highest BCUT2D eigenvalue weighted by molar-refractivity contribution is 5.87. The summed E-state index contributed by atoms with van der Waals surface area (Å²) >= 11 is 0. The first kappa shape index (κ1) is 15.1. The van der Waals surface area contributed by atoms with Crippen LogP contribution >= 0.6 is 0 Å². The summed E-state index contributed by atoms with van der Waals surface area (Å²) in [6.45, 7) is 3.90. The molecule has 1 heterocycles. The molecular formula is C15H25N3O2. The minimum Gasteiger partial charge on any atom is -0.464 e. The third kappa shape index (κ3) is 3.41. The molecule has 112 valence electrons. The smallest absolute Gasteiger partial charge is 0.243 e. The molecule has 0 spiro atoms. The molecule has 0 aromatic carbocycles. The average Bonchev–Trinajstić information content (AvgIpc) is 2.76. The first-order valence-corrected chi connectivity index (χ1v) is 7.19. The maximum atomic E-state index is 12.6. The van der Waals surface area contributed by atoms with E-state index in [1.165, 1.54) is 0 Å². The maximum Gasteiger partial charge on any atom is 0.243 e. The molecule has 5 nitrogen and oxygen atoms in total. The summed E-state index contributed by atoms with van der Waals surface area (Å²) in [5.74, 6) is 1.74. The number of hydrogen-bond donors (Lipinski definition) is 1. The lowest BCUT2D eigenvalue weighted by Gasteiger charge is -2.40. The second kappa shape index (κ2) is 5.97. The Bertz CT molecular complexity index is 463. The van der Waals surface area contributed by atoms with Crippen LogP contribution in [0.5, 0.6) is 0 Å². The molecule has 1 fully saturated rings. The molecular weight excluding hydrogens is 254 g/mol.